The number of hydrogen-bond donors (Lipinski definition) is 0. The van der Waals surface area contributed by atoms with Crippen LogP contribution in [-0.4, -0.2) is 34.6 Å². The number of thioether (sulfide) groups is 1. The summed E-state index contributed by atoms with van der Waals surface area (Å²) in [6, 6.07) is 2.40. The fourth-order valence-electron chi connectivity index (χ4n) is 1.53. The maximum absolute atomic E-state index is 5.81. The van der Waals surface area contributed by atoms with E-state index in [1.54, 1.807) is 0 Å². The molecule has 5 heteroatoms. The first-order valence-corrected chi connectivity index (χ1v) is 6.09. The van der Waals surface area contributed by atoms with Gasteiger partial charge in [0.2, 0.25) is 0 Å². The van der Waals surface area contributed by atoms with Crippen molar-refractivity contribution in [3.63, 3.8) is 0 Å². The Morgan fingerprint density at radius 3 is 3.07 bits per heavy atom. The molecule has 1 aromatic rings. The Labute approximate surface area is 92.9 Å². The van der Waals surface area contributed by atoms with Gasteiger partial charge in [0.15, 0.2) is 0 Å². The van der Waals surface area contributed by atoms with E-state index in [-0.39, 0.29) is 0 Å². The Morgan fingerprint density at radius 1 is 1.57 bits per heavy atom. The van der Waals surface area contributed by atoms with Crippen molar-refractivity contribution >= 4 is 29.2 Å². The molecule has 1 aliphatic rings. The van der Waals surface area contributed by atoms with Gasteiger partial charge in [0, 0.05) is 24.9 Å². The molecule has 1 aromatic heterocycles. The summed E-state index contributed by atoms with van der Waals surface area (Å²) in [7, 11) is 2.06. The maximum Gasteiger partial charge on any atom is 0.134 e. The maximum atomic E-state index is 5.81. The third-order valence-electron chi connectivity index (χ3n) is 2.43. The predicted octanol–water partition coefficient (Wildman–Crippen LogP) is 2.07. The van der Waals surface area contributed by atoms with Crippen LogP contribution >= 0.6 is 23.4 Å². The number of aromatic nitrogens is 2. The molecular weight excluding hydrogens is 218 g/mol. The lowest BCUT2D eigenvalue weighted by Gasteiger charge is -2.24. The van der Waals surface area contributed by atoms with Crippen molar-refractivity contribution in [2.45, 2.75) is 12.5 Å². The van der Waals surface area contributed by atoms with Gasteiger partial charge in [-0.05, 0) is 12.2 Å². The molecule has 0 aromatic carbocycles. The fourth-order valence-corrected chi connectivity index (χ4v) is 2.94. The SMILES string of the molecule is CN(c1cc(Cl)ncn1)[C@@H]1CCSC1. The van der Waals surface area contributed by atoms with Crippen LogP contribution < -0.4 is 4.90 Å². The topological polar surface area (TPSA) is 29.0 Å². The molecule has 0 spiro atoms. The van der Waals surface area contributed by atoms with E-state index in [0.29, 0.717) is 11.2 Å². The van der Waals surface area contributed by atoms with E-state index in [4.69, 9.17) is 11.6 Å². The third kappa shape index (κ3) is 2.12. The summed E-state index contributed by atoms with van der Waals surface area (Å²) in [5.41, 5.74) is 0. The standard InChI is InChI=1S/C9H12ClN3S/c1-13(7-2-3-14-5-7)9-4-8(10)11-6-12-9/h4,6-7H,2-3,5H2,1H3/t7-/m1/s1. The summed E-state index contributed by atoms with van der Waals surface area (Å²) < 4.78 is 0. The molecule has 0 unspecified atom stereocenters. The molecule has 0 amide bonds. The second kappa shape index (κ2) is 4.36. The molecule has 0 bridgehead atoms. The summed E-state index contributed by atoms with van der Waals surface area (Å²) in [6.07, 6.45) is 2.74. The third-order valence-corrected chi connectivity index (χ3v) is 3.79. The van der Waals surface area contributed by atoms with E-state index < -0.39 is 0 Å². The van der Waals surface area contributed by atoms with E-state index in [1.807, 2.05) is 17.8 Å². The molecule has 2 heterocycles. The Morgan fingerprint density at radius 2 is 2.43 bits per heavy atom. The molecule has 1 aliphatic heterocycles. The zero-order valence-corrected chi connectivity index (χ0v) is 9.55. The highest BCUT2D eigenvalue weighted by atomic mass is 35.5. The molecule has 1 fully saturated rings. The molecule has 0 radical (unpaired) electrons. The van der Waals surface area contributed by atoms with E-state index in [1.165, 1.54) is 24.3 Å². The van der Waals surface area contributed by atoms with Gasteiger partial charge in [-0.25, -0.2) is 9.97 Å². The Bertz CT molecular complexity index is 315. The highest BCUT2D eigenvalue weighted by Crippen LogP contribution is 2.25. The lowest BCUT2D eigenvalue weighted by molar-refractivity contribution is 0.690. The molecule has 14 heavy (non-hydrogen) atoms. The minimum absolute atomic E-state index is 0.507. The van der Waals surface area contributed by atoms with Crippen LogP contribution in [0.15, 0.2) is 12.4 Å². The second-order valence-electron chi connectivity index (χ2n) is 3.33. The molecule has 1 saturated heterocycles. The minimum atomic E-state index is 0.507. The Kier molecular flexibility index (Phi) is 3.13. The summed E-state index contributed by atoms with van der Waals surface area (Å²) in [6.45, 7) is 0. The van der Waals surface area contributed by atoms with Crippen LogP contribution in [0.25, 0.3) is 0 Å². The Hall–Kier alpha value is -0.480. The number of hydrogen-bond acceptors (Lipinski definition) is 4. The quantitative estimate of drug-likeness (QED) is 0.727. The minimum Gasteiger partial charge on any atom is -0.356 e. The van der Waals surface area contributed by atoms with Crippen LogP contribution in [0.3, 0.4) is 0 Å². The number of rotatable bonds is 2. The van der Waals surface area contributed by atoms with Crippen molar-refractivity contribution in [1.82, 2.24) is 9.97 Å². The van der Waals surface area contributed by atoms with E-state index in [9.17, 15) is 0 Å². The van der Waals surface area contributed by atoms with Crippen molar-refractivity contribution in [2.24, 2.45) is 0 Å². The van der Waals surface area contributed by atoms with Crippen molar-refractivity contribution in [1.29, 1.82) is 0 Å². The van der Waals surface area contributed by atoms with Gasteiger partial charge in [-0.1, -0.05) is 11.6 Å². The first kappa shape index (κ1) is 10.1. The first-order valence-electron chi connectivity index (χ1n) is 4.55. The van der Waals surface area contributed by atoms with E-state index in [2.05, 4.69) is 21.9 Å². The van der Waals surface area contributed by atoms with Gasteiger partial charge in [0.25, 0.3) is 0 Å². The molecule has 76 valence electrons. The van der Waals surface area contributed by atoms with E-state index >= 15 is 0 Å². The first-order chi connectivity index (χ1) is 6.77. The molecule has 0 saturated carbocycles. The zero-order chi connectivity index (χ0) is 9.97. The summed E-state index contributed by atoms with van der Waals surface area (Å²) >= 11 is 7.80. The second-order valence-corrected chi connectivity index (χ2v) is 4.86. The normalized spacial score (nSPS) is 21.1. The van der Waals surface area contributed by atoms with Crippen molar-refractivity contribution < 1.29 is 0 Å². The van der Waals surface area contributed by atoms with Crippen LogP contribution in [0.5, 0.6) is 0 Å². The van der Waals surface area contributed by atoms with E-state index in [0.717, 1.165) is 5.82 Å². The summed E-state index contributed by atoms with van der Waals surface area (Å²) in [5.74, 6) is 3.34. The zero-order valence-electron chi connectivity index (χ0n) is 7.98. The molecule has 0 aliphatic carbocycles. The average Bonchev–Trinajstić information content (AvgIpc) is 2.69. The van der Waals surface area contributed by atoms with Gasteiger partial charge >= 0.3 is 0 Å². The Balaban J connectivity index is 2.13. The molecule has 2 rings (SSSR count). The average molecular weight is 230 g/mol. The molecule has 3 nitrogen and oxygen atoms in total. The summed E-state index contributed by atoms with van der Waals surface area (Å²) in [5, 5.41) is 0.507. The van der Waals surface area contributed by atoms with Crippen LogP contribution in [0.4, 0.5) is 5.82 Å². The predicted molar refractivity (Wildman–Crippen MR) is 61.2 cm³/mol. The van der Waals surface area contributed by atoms with Crippen LogP contribution in [0, 0.1) is 0 Å². The molecule has 0 N–H and O–H groups in total. The van der Waals surface area contributed by atoms with Crippen LogP contribution in [0.2, 0.25) is 5.15 Å². The van der Waals surface area contributed by atoms with Gasteiger partial charge in [0.1, 0.15) is 17.3 Å². The van der Waals surface area contributed by atoms with Crippen molar-refractivity contribution in [2.75, 3.05) is 23.5 Å². The number of anilines is 1. The van der Waals surface area contributed by atoms with Gasteiger partial charge in [-0.3, -0.25) is 0 Å². The van der Waals surface area contributed by atoms with Crippen LogP contribution in [0.1, 0.15) is 6.42 Å². The monoisotopic (exact) mass is 229 g/mol. The number of halogens is 1. The van der Waals surface area contributed by atoms with Crippen molar-refractivity contribution in [3.05, 3.63) is 17.5 Å². The largest absolute Gasteiger partial charge is 0.356 e. The van der Waals surface area contributed by atoms with Gasteiger partial charge < -0.3 is 4.90 Å². The fraction of sp³-hybridized carbons (Fsp3) is 0.556. The molecule has 1 atom stereocenters. The van der Waals surface area contributed by atoms with Crippen molar-refractivity contribution in [3.8, 4) is 0 Å². The highest BCUT2D eigenvalue weighted by molar-refractivity contribution is 7.99. The van der Waals surface area contributed by atoms with Gasteiger partial charge in [-0.15, -0.1) is 0 Å². The highest BCUT2D eigenvalue weighted by Gasteiger charge is 2.21. The lowest BCUT2D eigenvalue weighted by atomic mass is 10.2. The van der Waals surface area contributed by atoms with Gasteiger partial charge in [-0.2, -0.15) is 11.8 Å². The molecular formula is C9H12ClN3S. The lowest BCUT2D eigenvalue weighted by Crippen LogP contribution is -2.31. The smallest absolute Gasteiger partial charge is 0.134 e. The summed E-state index contributed by atoms with van der Waals surface area (Å²) in [4.78, 5) is 10.3. The van der Waals surface area contributed by atoms with Gasteiger partial charge in [0.05, 0.1) is 0 Å². The number of nitrogens with zero attached hydrogens (tertiary/aromatic N) is 3. The van der Waals surface area contributed by atoms with Crippen LogP contribution in [-0.2, 0) is 0 Å².